The summed E-state index contributed by atoms with van der Waals surface area (Å²) in [6.45, 7) is 1.90. The molecule has 1 N–H and O–H groups in total. The lowest BCUT2D eigenvalue weighted by atomic mass is 10.1. The predicted molar refractivity (Wildman–Crippen MR) is 62.1 cm³/mol. The van der Waals surface area contributed by atoms with E-state index >= 15 is 0 Å². The molecule has 0 bridgehead atoms. The van der Waals surface area contributed by atoms with E-state index in [-0.39, 0.29) is 0 Å². The van der Waals surface area contributed by atoms with Crippen LogP contribution in [0.5, 0.6) is 5.75 Å². The summed E-state index contributed by atoms with van der Waals surface area (Å²) < 4.78 is 6.07. The molecule has 1 aromatic rings. The van der Waals surface area contributed by atoms with Crippen LogP contribution in [0.1, 0.15) is 11.1 Å². The number of aliphatic carboxylic acids is 1. The molecule has 80 valence electrons. The minimum absolute atomic E-state index is 0.652. The zero-order valence-electron chi connectivity index (χ0n) is 8.45. The van der Waals surface area contributed by atoms with Crippen molar-refractivity contribution in [3.63, 3.8) is 0 Å². The number of carbonyl (C=O) groups is 1. The van der Waals surface area contributed by atoms with Crippen LogP contribution in [-0.4, -0.2) is 18.2 Å². The van der Waals surface area contributed by atoms with E-state index in [0.717, 1.165) is 21.7 Å². The van der Waals surface area contributed by atoms with Gasteiger partial charge in [-0.2, -0.15) is 0 Å². The summed E-state index contributed by atoms with van der Waals surface area (Å²) in [6, 6.07) is 3.71. The van der Waals surface area contributed by atoms with E-state index < -0.39 is 5.97 Å². The van der Waals surface area contributed by atoms with Gasteiger partial charge in [-0.25, -0.2) is 4.79 Å². The van der Waals surface area contributed by atoms with Crippen LogP contribution in [0, 0.1) is 6.92 Å². The van der Waals surface area contributed by atoms with Gasteiger partial charge in [0.15, 0.2) is 0 Å². The molecule has 0 saturated carbocycles. The van der Waals surface area contributed by atoms with Crippen LogP contribution in [0.25, 0.3) is 6.08 Å². The molecule has 0 aliphatic heterocycles. The molecule has 3 nitrogen and oxygen atoms in total. The summed E-state index contributed by atoms with van der Waals surface area (Å²) in [5.41, 5.74) is 1.74. The number of carboxylic acid groups (broad SMARTS) is 1. The van der Waals surface area contributed by atoms with Crippen LogP contribution >= 0.6 is 15.9 Å². The third-order valence-corrected chi connectivity index (χ3v) is 2.38. The standard InChI is InChI=1S/C11H11BrO3/c1-7-5-8(12)6-10(15-2)9(7)3-4-11(13)14/h3-6H,1-2H3,(H,13,14)/b4-3+. The average molecular weight is 271 g/mol. The maximum Gasteiger partial charge on any atom is 0.328 e. The summed E-state index contributed by atoms with van der Waals surface area (Å²) in [5.74, 6) is -0.321. The Morgan fingerprint density at radius 2 is 2.20 bits per heavy atom. The number of rotatable bonds is 3. The first kappa shape index (κ1) is 11.8. The Balaban J connectivity index is 3.20. The minimum Gasteiger partial charge on any atom is -0.496 e. The number of benzene rings is 1. The average Bonchev–Trinajstić information content (AvgIpc) is 2.14. The van der Waals surface area contributed by atoms with Crippen LogP contribution in [0.15, 0.2) is 22.7 Å². The van der Waals surface area contributed by atoms with Crippen molar-refractivity contribution >= 4 is 28.0 Å². The summed E-state index contributed by atoms with van der Waals surface area (Å²) in [7, 11) is 1.55. The molecule has 0 heterocycles. The third-order valence-electron chi connectivity index (χ3n) is 1.93. The Kier molecular flexibility index (Phi) is 3.91. The van der Waals surface area contributed by atoms with Gasteiger partial charge in [-0.15, -0.1) is 0 Å². The van der Waals surface area contributed by atoms with E-state index in [1.54, 1.807) is 13.2 Å². The maximum absolute atomic E-state index is 10.4. The van der Waals surface area contributed by atoms with Gasteiger partial charge in [0.05, 0.1) is 7.11 Å². The van der Waals surface area contributed by atoms with Crippen molar-refractivity contribution in [2.45, 2.75) is 6.92 Å². The molecule has 1 aromatic carbocycles. The van der Waals surface area contributed by atoms with E-state index in [2.05, 4.69) is 15.9 Å². The second-order valence-corrected chi connectivity index (χ2v) is 3.93. The Hall–Kier alpha value is -1.29. The van der Waals surface area contributed by atoms with Gasteiger partial charge >= 0.3 is 5.97 Å². The van der Waals surface area contributed by atoms with E-state index in [4.69, 9.17) is 9.84 Å². The van der Waals surface area contributed by atoms with Crippen LogP contribution in [0.3, 0.4) is 0 Å². The van der Waals surface area contributed by atoms with Crippen LogP contribution in [0.4, 0.5) is 0 Å². The fourth-order valence-corrected chi connectivity index (χ4v) is 1.81. The molecule has 0 saturated heterocycles. The zero-order chi connectivity index (χ0) is 11.4. The molecule has 0 aromatic heterocycles. The number of methoxy groups -OCH3 is 1. The molecule has 0 amide bonds. The monoisotopic (exact) mass is 270 g/mol. The van der Waals surface area contributed by atoms with Crippen LogP contribution in [0.2, 0.25) is 0 Å². The molecule has 15 heavy (non-hydrogen) atoms. The van der Waals surface area contributed by atoms with Crippen molar-refractivity contribution in [1.29, 1.82) is 0 Å². The van der Waals surface area contributed by atoms with Crippen molar-refractivity contribution in [2.75, 3.05) is 7.11 Å². The van der Waals surface area contributed by atoms with Gasteiger partial charge in [0.2, 0.25) is 0 Å². The van der Waals surface area contributed by atoms with Gasteiger partial charge in [-0.3, -0.25) is 0 Å². The Morgan fingerprint density at radius 1 is 1.53 bits per heavy atom. The lowest BCUT2D eigenvalue weighted by molar-refractivity contribution is -0.131. The van der Waals surface area contributed by atoms with Crippen molar-refractivity contribution in [1.82, 2.24) is 0 Å². The minimum atomic E-state index is -0.973. The molecule has 0 aliphatic carbocycles. The van der Waals surface area contributed by atoms with E-state index in [1.807, 2.05) is 13.0 Å². The van der Waals surface area contributed by atoms with Gasteiger partial charge in [0, 0.05) is 16.1 Å². The second-order valence-electron chi connectivity index (χ2n) is 3.01. The molecule has 0 fully saturated rings. The highest BCUT2D eigenvalue weighted by Crippen LogP contribution is 2.28. The largest absolute Gasteiger partial charge is 0.496 e. The molecule has 0 unspecified atom stereocenters. The summed E-state index contributed by atoms with van der Waals surface area (Å²) in [4.78, 5) is 10.4. The lowest BCUT2D eigenvalue weighted by Gasteiger charge is -2.08. The molecule has 4 heteroatoms. The fourth-order valence-electron chi connectivity index (χ4n) is 1.26. The highest BCUT2D eigenvalue weighted by atomic mass is 79.9. The Bertz CT molecular complexity index is 411. The van der Waals surface area contributed by atoms with Crippen molar-refractivity contribution < 1.29 is 14.6 Å². The molecule has 1 rings (SSSR count). The molecule has 0 atom stereocenters. The smallest absolute Gasteiger partial charge is 0.328 e. The highest BCUT2D eigenvalue weighted by Gasteiger charge is 2.05. The first-order valence-electron chi connectivity index (χ1n) is 4.29. The van der Waals surface area contributed by atoms with E-state index in [0.29, 0.717) is 5.75 Å². The lowest BCUT2D eigenvalue weighted by Crippen LogP contribution is -1.92. The molecule has 0 spiro atoms. The Morgan fingerprint density at radius 3 is 2.73 bits per heavy atom. The number of hydrogen-bond donors (Lipinski definition) is 1. The first-order valence-corrected chi connectivity index (χ1v) is 5.09. The second kappa shape index (κ2) is 4.98. The number of aryl methyl sites for hydroxylation is 1. The van der Waals surface area contributed by atoms with Crippen LogP contribution < -0.4 is 4.74 Å². The van der Waals surface area contributed by atoms with Gasteiger partial charge in [-0.05, 0) is 30.7 Å². The van der Waals surface area contributed by atoms with Crippen molar-refractivity contribution in [3.05, 3.63) is 33.8 Å². The number of hydrogen-bond acceptors (Lipinski definition) is 2. The predicted octanol–water partition coefficient (Wildman–Crippen LogP) is 2.86. The van der Waals surface area contributed by atoms with E-state index in [9.17, 15) is 4.79 Å². The molecule has 0 radical (unpaired) electrons. The Labute approximate surface area is 96.5 Å². The summed E-state index contributed by atoms with van der Waals surface area (Å²) >= 11 is 3.35. The first-order chi connectivity index (χ1) is 7.04. The third kappa shape index (κ3) is 3.09. The van der Waals surface area contributed by atoms with Crippen LogP contribution in [-0.2, 0) is 4.79 Å². The van der Waals surface area contributed by atoms with Gasteiger partial charge < -0.3 is 9.84 Å². The number of ether oxygens (including phenoxy) is 1. The quantitative estimate of drug-likeness (QED) is 0.860. The van der Waals surface area contributed by atoms with Gasteiger partial charge in [0.25, 0.3) is 0 Å². The van der Waals surface area contributed by atoms with E-state index in [1.165, 1.54) is 6.08 Å². The van der Waals surface area contributed by atoms with Gasteiger partial charge in [-0.1, -0.05) is 15.9 Å². The zero-order valence-corrected chi connectivity index (χ0v) is 10.0. The van der Waals surface area contributed by atoms with Gasteiger partial charge in [0.1, 0.15) is 5.75 Å². The summed E-state index contributed by atoms with van der Waals surface area (Å²) in [5, 5.41) is 8.55. The fraction of sp³-hybridized carbons (Fsp3) is 0.182. The molecular formula is C11H11BrO3. The molecule has 0 aliphatic rings. The summed E-state index contributed by atoms with van der Waals surface area (Å²) in [6.07, 6.45) is 2.63. The highest BCUT2D eigenvalue weighted by molar-refractivity contribution is 9.10. The normalized spacial score (nSPS) is 10.6. The SMILES string of the molecule is COc1cc(Br)cc(C)c1/C=C/C(=O)O. The maximum atomic E-state index is 10.4. The van der Waals surface area contributed by atoms with Crippen molar-refractivity contribution in [2.24, 2.45) is 0 Å². The van der Waals surface area contributed by atoms with Crippen molar-refractivity contribution in [3.8, 4) is 5.75 Å². The topological polar surface area (TPSA) is 46.5 Å². The number of halogens is 1. The molecular weight excluding hydrogens is 260 g/mol. The number of carboxylic acids is 1.